The Bertz CT molecular complexity index is 926. The van der Waals surface area contributed by atoms with Crippen molar-refractivity contribution in [2.75, 3.05) is 13.1 Å². The van der Waals surface area contributed by atoms with E-state index in [2.05, 4.69) is 87.6 Å². The lowest BCUT2D eigenvalue weighted by Crippen LogP contribution is -2.43. The molecule has 1 saturated heterocycles. The molecule has 2 unspecified atom stereocenters. The van der Waals surface area contributed by atoms with E-state index in [4.69, 9.17) is 0 Å². The summed E-state index contributed by atoms with van der Waals surface area (Å²) in [4.78, 5) is 15.5. The van der Waals surface area contributed by atoms with Gasteiger partial charge in [-0.3, -0.25) is 9.69 Å². The van der Waals surface area contributed by atoms with Crippen LogP contribution >= 0.6 is 15.9 Å². The third-order valence-electron chi connectivity index (χ3n) is 5.59. The number of halogens is 1. The fourth-order valence-electron chi connectivity index (χ4n) is 4.22. The van der Waals surface area contributed by atoms with Crippen LogP contribution in [0.5, 0.6) is 0 Å². The number of Topliss-reactive ketones (excluding diaryl/α,β-unsaturated/α-hetero) is 1. The van der Waals surface area contributed by atoms with Gasteiger partial charge in [0.05, 0.1) is 0 Å². The number of ketones is 1. The van der Waals surface area contributed by atoms with Crippen LogP contribution in [0.15, 0.2) is 89.4 Å². The first kappa shape index (κ1) is 19.1. The fourth-order valence-corrected chi connectivity index (χ4v) is 4.75. The number of carbonyl (C=O) groups is 1. The van der Waals surface area contributed by atoms with E-state index < -0.39 is 0 Å². The average Bonchev–Trinajstić information content (AvgIpc) is 2.73. The van der Waals surface area contributed by atoms with Gasteiger partial charge in [0.15, 0.2) is 0 Å². The van der Waals surface area contributed by atoms with E-state index in [0.717, 1.165) is 24.1 Å². The highest BCUT2D eigenvalue weighted by Crippen LogP contribution is 2.39. The fraction of sp³-hybridized carbons (Fsp3) is 0.240. The molecule has 0 bridgehead atoms. The lowest BCUT2D eigenvalue weighted by Gasteiger charge is -2.37. The minimum atomic E-state index is -0.0430. The molecule has 1 fully saturated rings. The summed E-state index contributed by atoms with van der Waals surface area (Å²) < 4.78 is 1.07. The van der Waals surface area contributed by atoms with Crippen molar-refractivity contribution in [2.45, 2.75) is 18.9 Å². The number of nitrogens with zero attached hydrogens (tertiary/aromatic N) is 1. The number of benzene rings is 3. The van der Waals surface area contributed by atoms with Gasteiger partial charge in [-0.25, -0.2) is 0 Å². The van der Waals surface area contributed by atoms with E-state index in [9.17, 15) is 4.79 Å². The third kappa shape index (κ3) is 4.26. The molecule has 0 aliphatic carbocycles. The van der Waals surface area contributed by atoms with Crippen molar-refractivity contribution in [1.29, 1.82) is 0 Å². The first-order valence-corrected chi connectivity index (χ1v) is 10.6. The standard InChI is InChI=1S/C25H24BrNO/c26-23-14-8-7-13-21(23)25(20-11-5-2-6-12-20)22-18-27(16-15-24(22)28)17-19-9-3-1-4-10-19/h1-14,22,25H,15-18H2. The van der Waals surface area contributed by atoms with Crippen molar-refractivity contribution >= 4 is 21.7 Å². The second kappa shape index (κ2) is 8.85. The number of hydrogen-bond acceptors (Lipinski definition) is 2. The van der Waals surface area contributed by atoms with Gasteiger partial charge in [-0.1, -0.05) is 94.8 Å². The molecule has 0 amide bonds. The maximum absolute atomic E-state index is 13.0. The molecule has 4 rings (SSSR count). The zero-order valence-corrected chi connectivity index (χ0v) is 17.4. The highest BCUT2D eigenvalue weighted by molar-refractivity contribution is 9.10. The molecule has 1 heterocycles. The normalized spacial score (nSPS) is 18.8. The van der Waals surface area contributed by atoms with E-state index in [1.54, 1.807) is 0 Å². The molecule has 28 heavy (non-hydrogen) atoms. The Hall–Kier alpha value is -2.23. The second-order valence-corrected chi connectivity index (χ2v) is 8.31. The molecule has 0 N–H and O–H groups in total. The topological polar surface area (TPSA) is 20.3 Å². The molecule has 0 aromatic heterocycles. The Morgan fingerprint density at radius 1 is 0.893 bits per heavy atom. The van der Waals surface area contributed by atoms with Crippen molar-refractivity contribution in [3.63, 3.8) is 0 Å². The molecule has 2 atom stereocenters. The monoisotopic (exact) mass is 433 g/mol. The molecule has 0 spiro atoms. The number of piperidine rings is 1. The molecule has 142 valence electrons. The summed E-state index contributed by atoms with van der Waals surface area (Å²) >= 11 is 3.72. The van der Waals surface area contributed by atoms with E-state index in [0.29, 0.717) is 12.2 Å². The van der Waals surface area contributed by atoms with Crippen molar-refractivity contribution in [3.8, 4) is 0 Å². The SMILES string of the molecule is O=C1CCN(Cc2ccccc2)CC1C(c1ccccc1)c1ccccc1Br. The minimum absolute atomic E-state index is 0.0430. The number of hydrogen-bond donors (Lipinski definition) is 0. The van der Waals surface area contributed by atoms with Gasteiger partial charge in [-0.05, 0) is 22.8 Å². The quantitative estimate of drug-likeness (QED) is 0.516. The van der Waals surface area contributed by atoms with Crippen molar-refractivity contribution in [2.24, 2.45) is 5.92 Å². The van der Waals surface area contributed by atoms with E-state index in [1.165, 1.54) is 16.7 Å². The van der Waals surface area contributed by atoms with Crippen LogP contribution in [0.1, 0.15) is 29.0 Å². The maximum atomic E-state index is 13.0. The summed E-state index contributed by atoms with van der Waals surface area (Å²) in [5.74, 6) is 0.385. The average molecular weight is 434 g/mol. The first-order valence-electron chi connectivity index (χ1n) is 9.81. The van der Waals surface area contributed by atoms with Crippen LogP contribution in [0, 0.1) is 5.92 Å². The molecule has 1 aliphatic heterocycles. The van der Waals surface area contributed by atoms with Crippen LogP contribution in [-0.4, -0.2) is 23.8 Å². The summed E-state index contributed by atoms with van der Waals surface area (Å²) in [6, 6.07) is 29.3. The van der Waals surface area contributed by atoms with E-state index >= 15 is 0 Å². The first-order chi connectivity index (χ1) is 13.7. The Balaban J connectivity index is 1.66. The van der Waals surface area contributed by atoms with Gasteiger partial charge in [-0.15, -0.1) is 0 Å². The molecule has 3 aromatic rings. The van der Waals surface area contributed by atoms with Crippen LogP contribution in [0.25, 0.3) is 0 Å². The summed E-state index contributed by atoms with van der Waals surface area (Å²) in [7, 11) is 0. The van der Waals surface area contributed by atoms with Crippen LogP contribution in [-0.2, 0) is 11.3 Å². The smallest absolute Gasteiger partial charge is 0.139 e. The summed E-state index contributed by atoms with van der Waals surface area (Å²) in [5, 5.41) is 0. The van der Waals surface area contributed by atoms with Gasteiger partial charge >= 0.3 is 0 Å². The Morgan fingerprint density at radius 3 is 2.25 bits per heavy atom. The number of rotatable bonds is 5. The molecule has 2 nitrogen and oxygen atoms in total. The Labute approximate surface area is 175 Å². The van der Waals surface area contributed by atoms with Gasteiger partial charge in [0.25, 0.3) is 0 Å². The molecule has 3 heteroatoms. The molecular weight excluding hydrogens is 410 g/mol. The molecule has 1 aliphatic rings. The van der Waals surface area contributed by atoms with Crippen molar-refractivity contribution < 1.29 is 4.79 Å². The molecule has 0 radical (unpaired) electrons. The Kier molecular flexibility index (Phi) is 6.04. The van der Waals surface area contributed by atoms with Crippen LogP contribution < -0.4 is 0 Å². The van der Waals surface area contributed by atoms with Gasteiger partial charge < -0.3 is 0 Å². The number of carbonyl (C=O) groups excluding carboxylic acids is 1. The second-order valence-electron chi connectivity index (χ2n) is 7.45. The van der Waals surface area contributed by atoms with Gasteiger partial charge in [0.2, 0.25) is 0 Å². The highest BCUT2D eigenvalue weighted by Gasteiger charge is 2.36. The zero-order valence-electron chi connectivity index (χ0n) is 15.8. The summed E-state index contributed by atoms with van der Waals surface area (Å²) in [6.45, 7) is 2.51. The predicted molar refractivity (Wildman–Crippen MR) is 117 cm³/mol. The molecule has 0 saturated carbocycles. The summed E-state index contributed by atoms with van der Waals surface area (Å²) in [6.07, 6.45) is 0.616. The maximum Gasteiger partial charge on any atom is 0.139 e. The van der Waals surface area contributed by atoms with Gasteiger partial charge in [0.1, 0.15) is 5.78 Å². The summed E-state index contributed by atoms with van der Waals surface area (Å²) in [5.41, 5.74) is 3.69. The predicted octanol–water partition coefficient (Wildman–Crippen LogP) is 5.67. The van der Waals surface area contributed by atoms with Gasteiger partial charge in [-0.2, -0.15) is 0 Å². The van der Waals surface area contributed by atoms with Crippen LogP contribution in [0.4, 0.5) is 0 Å². The van der Waals surface area contributed by atoms with Gasteiger partial charge in [0, 0.05) is 42.4 Å². The molecule has 3 aromatic carbocycles. The zero-order chi connectivity index (χ0) is 19.3. The minimum Gasteiger partial charge on any atom is -0.299 e. The van der Waals surface area contributed by atoms with E-state index in [1.807, 2.05) is 18.2 Å². The van der Waals surface area contributed by atoms with E-state index in [-0.39, 0.29) is 11.8 Å². The lowest BCUT2D eigenvalue weighted by molar-refractivity contribution is -0.126. The van der Waals surface area contributed by atoms with Crippen molar-refractivity contribution in [3.05, 3.63) is 106 Å². The molecular formula is C25H24BrNO. The lowest BCUT2D eigenvalue weighted by atomic mass is 9.76. The largest absolute Gasteiger partial charge is 0.299 e. The van der Waals surface area contributed by atoms with Crippen LogP contribution in [0.3, 0.4) is 0 Å². The Morgan fingerprint density at radius 2 is 1.54 bits per heavy atom. The van der Waals surface area contributed by atoms with Crippen LogP contribution in [0.2, 0.25) is 0 Å². The number of likely N-dealkylation sites (tertiary alicyclic amines) is 1. The third-order valence-corrected chi connectivity index (χ3v) is 6.32. The van der Waals surface area contributed by atoms with Crippen molar-refractivity contribution in [1.82, 2.24) is 4.90 Å². The highest BCUT2D eigenvalue weighted by atomic mass is 79.9.